The molecule has 0 radical (unpaired) electrons. The first-order valence-corrected chi connectivity index (χ1v) is 5.42. The van der Waals surface area contributed by atoms with Gasteiger partial charge in [-0.1, -0.05) is 30.3 Å². The van der Waals surface area contributed by atoms with Crippen LogP contribution in [-0.2, 0) is 6.54 Å². The minimum absolute atomic E-state index is 0.775. The van der Waals surface area contributed by atoms with Gasteiger partial charge in [-0.3, -0.25) is 4.90 Å². The van der Waals surface area contributed by atoms with Crippen molar-refractivity contribution in [1.82, 2.24) is 10.2 Å². The van der Waals surface area contributed by atoms with Crippen LogP contribution >= 0.6 is 0 Å². The van der Waals surface area contributed by atoms with Crippen LogP contribution in [0.5, 0.6) is 0 Å². The molecule has 0 aromatic heterocycles. The molecule has 2 nitrogen and oxygen atoms in total. The Morgan fingerprint density at radius 1 is 1.14 bits per heavy atom. The van der Waals surface area contributed by atoms with Crippen molar-refractivity contribution in [1.29, 1.82) is 0 Å². The second kappa shape index (κ2) is 3.37. The van der Waals surface area contributed by atoms with E-state index in [2.05, 4.69) is 40.5 Å². The molecule has 2 heteroatoms. The zero-order chi connectivity index (χ0) is 9.38. The van der Waals surface area contributed by atoms with Gasteiger partial charge in [0.05, 0.1) is 0 Å². The van der Waals surface area contributed by atoms with Crippen molar-refractivity contribution in [2.75, 3.05) is 13.1 Å². The van der Waals surface area contributed by atoms with Crippen LogP contribution in [0.1, 0.15) is 12.0 Å². The lowest BCUT2D eigenvalue weighted by Crippen LogP contribution is -2.66. The molecule has 4 rings (SSSR count). The van der Waals surface area contributed by atoms with E-state index in [4.69, 9.17) is 0 Å². The topological polar surface area (TPSA) is 15.3 Å². The fourth-order valence-corrected chi connectivity index (χ4v) is 2.58. The number of hydrogen-bond donors (Lipinski definition) is 1. The average Bonchev–Trinajstić information content (AvgIpc) is 2.18. The molecule has 1 aromatic carbocycles. The van der Waals surface area contributed by atoms with E-state index in [1.54, 1.807) is 0 Å². The van der Waals surface area contributed by atoms with Gasteiger partial charge in [-0.05, 0) is 12.0 Å². The highest BCUT2D eigenvalue weighted by molar-refractivity contribution is 5.15. The predicted molar refractivity (Wildman–Crippen MR) is 57.0 cm³/mol. The molecule has 3 aliphatic rings. The Hall–Kier alpha value is -0.860. The lowest BCUT2D eigenvalue weighted by Gasteiger charge is -2.48. The quantitative estimate of drug-likeness (QED) is 0.751. The maximum absolute atomic E-state index is 3.55. The predicted octanol–water partition coefficient (Wildman–Crippen LogP) is 1.23. The van der Waals surface area contributed by atoms with Crippen molar-refractivity contribution in [3.63, 3.8) is 0 Å². The summed E-state index contributed by atoms with van der Waals surface area (Å²) in [6.07, 6.45) is 1.39. The molecule has 14 heavy (non-hydrogen) atoms. The van der Waals surface area contributed by atoms with E-state index < -0.39 is 0 Å². The van der Waals surface area contributed by atoms with E-state index in [9.17, 15) is 0 Å². The Balaban J connectivity index is 1.63. The number of piperazine rings is 1. The second-order valence-corrected chi connectivity index (χ2v) is 4.48. The third-order valence-electron chi connectivity index (χ3n) is 3.25. The summed E-state index contributed by atoms with van der Waals surface area (Å²) in [5.41, 5.74) is 1.44. The molecular formula is C12H16N2. The summed E-state index contributed by atoms with van der Waals surface area (Å²) in [5.74, 6) is 0. The number of benzene rings is 1. The van der Waals surface area contributed by atoms with Crippen LogP contribution in [-0.4, -0.2) is 30.1 Å². The molecule has 2 atom stereocenters. The normalized spacial score (nSPS) is 31.1. The first kappa shape index (κ1) is 8.45. The van der Waals surface area contributed by atoms with Gasteiger partial charge in [0.15, 0.2) is 0 Å². The summed E-state index contributed by atoms with van der Waals surface area (Å²) in [7, 11) is 0. The first-order valence-electron chi connectivity index (χ1n) is 5.42. The van der Waals surface area contributed by atoms with Crippen molar-refractivity contribution in [3.8, 4) is 0 Å². The molecule has 0 spiro atoms. The van der Waals surface area contributed by atoms with Crippen LogP contribution in [0.25, 0.3) is 0 Å². The number of fused-ring (bicyclic) bond motifs is 2. The molecule has 3 heterocycles. The molecule has 0 amide bonds. The van der Waals surface area contributed by atoms with Gasteiger partial charge in [0.2, 0.25) is 0 Å². The Labute approximate surface area is 84.9 Å². The fraction of sp³-hybridized carbons (Fsp3) is 0.500. The number of nitrogens with one attached hydrogen (secondary N) is 1. The molecule has 2 bridgehead atoms. The number of rotatable bonds is 2. The largest absolute Gasteiger partial charge is 0.309 e. The van der Waals surface area contributed by atoms with Gasteiger partial charge in [-0.25, -0.2) is 0 Å². The molecule has 3 saturated heterocycles. The van der Waals surface area contributed by atoms with E-state index >= 15 is 0 Å². The molecule has 74 valence electrons. The third-order valence-corrected chi connectivity index (χ3v) is 3.25. The standard InChI is InChI=1S/C12H16N2/c1-2-4-10(5-3-1)7-14-8-11-6-12(9-14)13-11/h1-5,11-13H,6-9H2/t11-,12+. The SMILES string of the molecule is c1ccc(CN2C[C@H]3C[C@@H](C2)N3)cc1. The van der Waals surface area contributed by atoms with Crippen molar-refractivity contribution in [2.24, 2.45) is 0 Å². The van der Waals surface area contributed by atoms with Gasteiger partial charge in [-0.15, -0.1) is 0 Å². The summed E-state index contributed by atoms with van der Waals surface area (Å²) >= 11 is 0. The lowest BCUT2D eigenvalue weighted by molar-refractivity contribution is 0.0726. The van der Waals surface area contributed by atoms with Crippen LogP contribution in [0, 0.1) is 0 Å². The van der Waals surface area contributed by atoms with Crippen molar-refractivity contribution in [3.05, 3.63) is 35.9 Å². The highest BCUT2D eigenvalue weighted by Gasteiger charge is 2.35. The van der Waals surface area contributed by atoms with Crippen molar-refractivity contribution >= 4 is 0 Å². The maximum Gasteiger partial charge on any atom is 0.0235 e. The monoisotopic (exact) mass is 188 g/mol. The van der Waals surface area contributed by atoms with Crippen molar-refractivity contribution in [2.45, 2.75) is 25.0 Å². The molecule has 3 aliphatic heterocycles. The van der Waals surface area contributed by atoms with Gasteiger partial charge in [-0.2, -0.15) is 0 Å². The van der Waals surface area contributed by atoms with Crippen LogP contribution in [0.15, 0.2) is 30.3 Å². The summed E-state index contributed by atoms with van der Waals surface area (Å²) in [5, 5.41) is 3.55. The average molecular weight is 188 g/mol. The Bertz CT molecular complexity index is 293. The van der Waals surface area contributed by atoms with Crippen LogP contribution < -0.4 is 5.32 Å². The number of piperidine rings is 1. The highest BCUT2D eigenvalue weighted by atomic mass is 15.3. The summed E-state index contributed by atoms with van der Waals surface area (Å²) in [6.45, 7) is 3.58. The van der Waals surface area contributed by atoms with Gasteiger partial charge in [0.25, 0.3) is 0 Å². The van der Waals surface area contributed by atoms with E-state index in [1.807, 2.05) is 0 Å². The first-order chi connectivity index (χ1) is 6.90. The maximum atomic E-state index is 3.55. The second-order valence-electron chi connectivity index (χ2n) is 4.48. The Morgan fingerprint density at radius 3 is 2.43 bits per heavy atom. The van der Waals surface area contributed by atoms with E-state index in [1.165, 1.54) is 25.1 Å². The van der Waals surface area contributed by atoms with E-state index in [-0.39, 0.29) is 0 Å². The third kappa shape index (κ3) is 1.56. The zero-order valence-corrected chi connectivity index (χ0v) is 8.32. The Kier molecular flexibility index (Phi) is 2.03. The van der Waals surface area contributed by atoms with E-state index in [0.29, 0.717) is 0 Å². The number of nitrogens with zero attached hydrogens (tertiary/aromatic N) is 1. The van der Waals surface area contributed by atoms with Gasteiger partial charge >= 0.3 is 0 Å². The number of hydrogen-bond acceptors (Lipinski definition) is 2. The summed E-state index contributed by atoms with van der Waals surface area (Å²) < 4.78 is 0. The smallest absolute Gasteiger partial charge is 0.0235 e. The minimum atomic E-state index is 0.775. The van der Waals surface area contributed by atoms with Gasteiger partial charge in [0, 0.05) is 31.7 Å². The van der Waals surface area contributed by atoms with Crippen LogP contribution in [0.4, 0.5) is 0 Å². The van der Waals surface area contributed by atoms with E-state index in [0.717, 1.165) is 18.6 Å². The molecule has 3 fully saturated rings. The molecule has 0 saturated carbocycles. The molecule has 1 aromatic rings. The Morgan fingerprint density at radius 2 is 1.79 bits per heavy atom. The van der Waals surface area contributed by atoms with Crippen molar-refractivity contribution < 1.29 is 0 Å². The molecule has 0 aliphatic carbocycles. The summed E-state index contributed by atoms with van der Waals surface area (Å²) in [6, 6.07) is 12.3. The fourth-order valence-electron chi connectivity index (χ4n) is 2.58. The summed E-state index contributed by atoms with van der Waals surface area (Å²) in [4.78, 5) is 2.56. The van der Waals surface area contributed by atoms with Gasteiger partial charge < -0.3 is 5.32 Å². The van der Waals surface area contributed by atoms with Crippen LogP contribution in [0.2, 0.25) is 0 Å². The zero-order valence-electron chi connectivity index (χ0n) is 8.32. The van der Waals surface area contributed by atoms with Gasteiger partial charge in [0.1, 0.15) is 0 Å². The molecule has 0 unspecified atom stereocenters. The van der Waals surface area contributed by atoms with Crippen LogP contribution in [0.3, 0.4) is 0 Å². The lowest BCUT2D eigenvalue weighted by atomic mass is 9.91. The minimum Gasteiger partial charge on any atom is -0.309 e. The molecular weight excluding hydrogens is 172 g/mol. The molecule has 1 N–H and O–H groups in total. The highest BCUT2D eigenvalue weighted by Crippen LogP contribution is 2.21.